The first-order chi connectivity index (χ1) is 11.2. The van der Waals surface area contributed by atoms with Crippen LogP contribution in [0.2, 0.25) is 0 Å². The van der Waals surface area contributed by atoms with Gasteiger partial charge >= 0.3 is 0 Å². The molecule has 0 unspecified atom stereocenters. The molecule has 0 bridgehead atoms. The number of hydrogen-bond donors (Lipinski definition) is 1. The Morgan fingerprint density at radius 2 is 1.65 bits per heavy atom. The molecule has 0 aliphatic rings. The van der Waals surface area contributed by atoms with Crippen LogP contribution in [0.3, 0.4) is 0 Å². The average molecular weight is 302 g/mol. The summed E-state index contributed by atoms with van der Waals surface area (Å²) in [4.78, 5) is 8.39. The number of anilines is 2. The molecular weight excluding hydrogens is 288 g/mol. The first kappa shape index (κ1) is 14.5. The molecule has 0 radical (unpaired) electrons. The second kappa shape index (κ2) is 6.58. The van der Waals surface area contributed by atoms with E-state index in [-0.39, 0.29) is 0 Å². The molecule has 23 heavy (non-hydrogen) atoms. The predicted octanol–water partition coefficient (Wildman–Crippen LogP) is 4.19. The summed E-state index contributed by atoms with van der Waals surface area (Å²) in [6.45, 7) is 1.82. The molecule has 0 amide bonds. The zero-order valence-corrected chi connectivity index (χ0v) is 12.5. The lowest BCUT2D eigenvalue weighted by Gasteiger charge is -2.08. The lowest BCUT2D eigenvalue weighted by atomic mass is 10.3. The number of nitrogens with one attached hydrogen (secondary N) is 1. The maximum absolute atomic E-state index is 8.94. The van der Waals surface area contributed by atoms with Crippen LogP contribution in [0.1, 0.15) is 11.4 Å². The molecule has 0 fully saturated rings. The van der Waals surface area contributed by atoms with Gasteiger partial charge in [-0.1, -0.05) is 18.2 Å². The van der Waals surface area contributed by atoms with Crippen LogP contribution in [0.4, 0.5) is 11.6 Å². The van der Waals surface area contributed by atoms with Crippen molar-refractivity contribution in [1.82, 2.24) is 9.97 Å². The van der Waals surface area contributed by atoms with Gasteiger partial charge in [0.25, 0.3) is 0 Å². The van der Waals surface area contributed by atoms with Crippen molar-refractivity contribution in [1.29, 1.82) is 5.26 Å². The van der Waals surface area contributed by atoms with Gasteiger partial charge in [-0.15, -0.1) is 0 Å². The van der Waals surface area contributed by atoms with E-state index >= 15 is 0 Å². The molecule has 2 aromatic carbocycles. The molecule has 1 aromatic heterocycles. The van der Waals surface area contributed by atoms with E-state index in [2.05, 4.69) is 15.3 Å². The molecule has 1 N–H and O–H groups in total. The number of ether oxygens (including phenoxy) is 1. The highest BCUT2D eigenvalue weighted by molar-refractivity contribution is 5.55. The third-order valence-electron chi connectivity index (χ3n) is 3.06. The maximum Gasteiger partial charge on any atom is 0.228 e. The molecule has 0 saturated carbocycles. The van der Waals surface area contributed by atoms with Crippen molar-refractivity contribution in [2.45, 2.75) is 6.92 Å². The molecule has 0 atom stereocenters. The molecular formula is C18H14N4O. The fourth-order valence-corrected chi connectivity index (χ4v) is 2.04. The van der Waals surface area contributed by atoms with Crippen LogP contribution >= 0.6 is 0 Å². The average Bonchev–Trinajstić information content (AvgIpc) is 2.57. The second-order valence-corrected chi connectivity index (χ2v) is 4.89. The SMILES string of the molecule is Cc1cc(C#N)nc(Nc2ccc(Oc3ccccc3)cc2)n1. The summed E-state index contributed by atoms with van der Waals surface area (Å²) in [7, 11) is 0. The number of nitriles is 1. The Bertz CT molecular complexity index is 839. The zero-order chi connectivity index (χ0) is 16.1. The number of aryl methyl sites for hydroxylation is 1. The van der Waals surface area contributed by atoms with Crippen LogP contribution < -0.4 is 10.1 Å². The Hall–Kier alpha value is -3.39. The van der Waals surface area contributed by atoms with Gasteiger partial charge in [-0.2, -0.15) is 5.26 Å². The van der Waals surface area contributed by atoms with E-state index in [0.29, 0.717) is 11.6 Å². The largest absolute Gasteiger partial charge is 0.457 e. The lowest BCUT2D eigenvalue weighted by Crippen LogP contribution is -2.00. The molecule has 112 valence electrons. The van der Waals surface area contributed by atoms with Crippen LogP contribution in [-0.4, -0.2) is 9.97 Å². The minimum absolute atomic E-state index is 0.337. The third-order valence-corrected chi connectivity index (χ3v) is 3.06. The standard InChI is InChI=1S/C18H14N4O/c1-13-11-15(12-19)22-18(20-13)21-14-7-9-17(10-8-14)23-16-5-3-2-4-6-16/h2-11H,1H3,(H,20,21,22). The van der Waals surface area contributed by atoms with Crippen molar-refractivity contribution >= 4 is 11.6 Å². The summed E-state index contributed by atoms with van der Waals surface area (Å²) >= 11 is 0. The van der Waals surface area contributed by atoms with Gasteiger partial charge in [-0.25, -0.2) is 9.97 Å². The highest BCUT2D eigenvalue weighted by atomic mass is 16.5. The maximum atomic E-state index is 8.94. The van der Waals surface area contributed by atoms with Gasteiger partial charge in [0, 0.05) is 11.4 Å². The first-order valence-corrected chi connectivity index (χ1v) is 7.09. The quantitative estimate of drug-likeness (QED) is 0.782. The number of nitrogens with zero attached hydrogens (tertiary/aromatic N) is 3. The van der Waals surface area contributed by atoms with Crippen LogP contribution in [0.25, 0.3) is 0 Å². The minimum Gasteiger partial charge on any atom is -0.457 e. The summed E-state index contributed by atoms with van der Waals surface area (Å²) in [5.41, 5.74) is 1.90. The van der Waals surface area contributed by atoms with E-state index in [1.54, 1.807) is 6.07 Å². The van der Waals surface area contributed by atoms with Crippen molar-refractivity contribution in [3.8, 4) is 17.6 Å². The van der Waals surface area contributed by atoms with Crippen molar-refractivity contribution < 1.29 is 4.74 Å². The molecule has 0 spiro atoms. The van der Waals surface area contributed by atoms with Gasteiger partial charge in [0.15, 0.2) is 0 Å². The molecule has 0 saturated heterocycles. The topological polar surface area (TPSA) is 70.8 Å². The molecule has 1 heterocycles. The van der Waals surface area contributed by atoms with E-state index in [0.717, 1.165) is 22.9 Å². The van der Waals surface area contributed by atoms with Gasteiger partial charge in [0.05, 0.1) is 0 Å². The summed E-state index contributed by atoms with van der Waals surface area (Å²) in [6, 6.07) is 20.7. The summed E-state index contributed by atoms with van der Waals surface area (Å²) in [5.74, 6) is 1.93. The predicted molar refractivity (Wildman–Crippen MR) is 87.7 cm³/mol. The Morgan fingerprint density at radius 1 is 0.957 bits per heavy atom. The van der Waals surface area contributed by atoms with Crippen molar-refractivity contribution in [3.05, 3.63) is 72.1 Å². The van der Waals surface area contributed by atoms with Crippen molar-refractivity contribution in [3.63, 3.8) is 0 Å². The van der Waals surface area contributed by atoms with Crippen LogP contribution in [0.15, 0.2) is 60.7 Å². The zero-order valence-electron chi connectivity index (χ0n) is 12.5. The number of hydrogen-bond acceptors (Lipinski definition) is 5. The first-order valence-electron chi connectivity index (χ1n) is 7.09. The van der Waals surface area contributed by atoms with E-state index in [9.17, 15) is 0 Å². The Morgan fingerprint density at radius 3 is 2.35 bits per heavy atom. The summed E-state index contributed by atoms with van der Waals surface area (Å²) in [5, 5.41) is 12.0. The number of aromatic nitrogens is 2. The fourth-order valence-electron chi connectivity index (χ4n) is 2.04. The smallest absolute Gasteiger partial charge is 0.228 e. The number of rotatable bonds is 4. The molecule has 0 aliphatic carbocycles. The van der Waals surface area contributed by atoms with Crippen LogP contribution in [-0.2, 0) is 0 Å². The minimum atomic E-state index is 0.337. The second-order valence-electron chi connectivity index (χ2n) is 4.89. The van der Waals surface area contributed by atoms with Gasteiger partial charge in [0.2, 0.25) is 5.95 Å². The van der Waals surface area contributed by atoms with Crippen LogP contribution in [0.5, 0.6) is 11.5 Å². The number of benzene rings is 2. The van der Waals surface area contributed by atoms with Gasteiger partial charge in [-0.3, -0.25) is 0 Å². The van der Waals surface area contributed by atoms with E-state index in [4.69, 9.17) is 10.00 Å². The summed E-state index contributed by atoms with van der Waals surface area (Å²) < 4.78 is 5.74. The lowest BCUT2D eigenvalue weighted by molar-refractivity contribution is 0.483. The monoisotopic (exact) mass is 302 g/mol. The molecule has 0 aliphatic heterocycles. The van der Waals surface area contributed by atoms with Crippen molar-refractivity contribution in [2.24, 2.45) is 0 Å². The Labute approximate surface area is 134 Å². The number of para-hydroxylation sites is 1. The fraction of sp³-hybridized carbons (Fsp3) is 0.0556. The van der Waals surface area contributed by atoms with E-state index < -0.39 is 0 Å². The molecule has 3 rings (SSSR count). The summed E-state index contributed by atoms with van der Waals surface area (Å²) in [6.07, 6.45) is 0. The third kappa shape index (κ3) is 3.83. The van der Waals surface area contributed by atoms with E-state index in [1.165, 1.54) is 0 Å². The van der Waals surface area contributed by atoms with Gasteiger partial charge in [0.1, 0.15) is 23.3 Å². The Kier molecular flexibility index (Phi) is 4.16. The van der Waals surface area contributed by atoms with Crippen LogP contribution in [0, 0.1) is 18.3 Å². The highest BCUT2D eigenvalue weighted by Crippen LogP contribution is 2.23. The Balaban J connectivity index is 1.73. The molecule has 5 heteroatoms. The van der Waals surface area contributed by atoms with E-state index in [1.807, 2.05) is 67.6 Å². The van der Waals surface area contributed by atoms with Gasteiger partial charge in [-0.05, 0) is 49.4 Å². The molecule has 3 aromatic rings. The highest BCUT2D eigenvalue weighted by Gasteiger charge is 2.03. The van der Waals surface area contributed by atoms with Gasteiger partial charge < -0.3 is 10.1 Å². The molecule has 5 nitrogen and oxygen atoms in total. The normalized spacial score (nSPS) is 9.91. The van der Waals surface area contributed by atoms with Crippen molar-refractivity contribution in [2.75, 3.05) is 5.32 Å².